The van der Waals surface area contributed by atoms with Crippen LogP contribution in [0, 0.1) is 11.8 Å². The highest BCUT2D eigenvalue weighted by Gasteiger charge is 2.19. The van der Waals surface area contributed by atoms with Crippen LogP contribution in [0.1, 0.15) is 39.5 Å². The van der Waals surface area contributed by atoms with Gasteiger partial charge < -0.3 is 4.74 Å². The molecule has 0 aromatic heterocycles. The van der Waals surface area contributed by atoms with E-state index in [1.165, 1.54) is 25.7 Å². The summed E-state index contributed by atoms with van der Waals surface area (Å²) in [6, 6.07) is 0. The molecule has 0 amide bonds. The topological polar surface area (TPSA) is 9.23 Å². The van der Waals surface area contributed by atoms with E-state index < -0.39 is 0 Å². The molecule has 2 atom stereocenters. The zero-order valence-corrected chi connectivity index (χ0v) is 9.12. The maximum absolute atomic E-state index is 5.39. The van der Waals surface area contributed by atoms with Gasteiger partial charge in [0, 0.05) is 7.11 Å². The Labute approximate surface area is 82.2 Å². The Bertz CT molecular complexity index is 161. The largest absolute Gasteiger partial charge is 0.381 e. The fourth-order valence-corrected chi connectivity index (χ4v) is 1.95. The first-order valence-corrected chi connectivity index (χ1v) is 5.43. The van der Waals surface area contributed by atoms with Gasteiger partial charge in [-0.2, -0.15) is 0 Å². The Morgan fingerprint density at radius 1 is 1.31 bits per heavy atom. The van der Waals surface area contributed by atoms with Gasteiger partial charge in [0.25, 0.3) is 0 Å². The minimum atomic E-state index is 0.510. The molecule has 0 bridgehead atoms. The lowest BCUT2D eigenvalue weighted by Gasteiger charge is -2.26. The number of allylic oxidation sites excluding steroid dienone is 2. The van der Waals surface area contributed by atoms with E-state index in [1.807, 2.05) is 7.11 Å². The average molecular weight is 182 g/mol. The normalized spacial score (nSPS) is 30.2. The quantitative estimate of drug-likeness (QED) is 0.608. The van der Waals surface area contributed by atoms with E-state index in [4.69, 9.17) is 4.74 Å². The summed E-state index contributed by atoms with van der Waals surface area (Å²) in [6.07, 6.45) is 10.4. The summed E-state index contributed by atoms with van der Waals surface area (Å²) in [5.41, 5.74) is 0. The van der Waals surface area contributed by atoms with Crippen molar-refractivity contribution in [2.24, 2.45) is 11.8 Å². The van der Waals surface area contributed by atoms with Crippen molar-refractivity contribution in [3.05, 3.63) is 12.2 Å². The van der Waals surface area contributed by atoms with E-state index in [1.54, 1.807) is 0 Å². The summed E-state index contributed by atoms with van der Waals surface area (Å²) in [5, 5.41) is 0. The van der Waals surface area contributed by atoms with E-state index >= 15 is 0 Å². The summed E-state index contributed by atoms with van der Waals surface area (Å²) in [6.45, 7) is 4.46. The molecule has 76 valence electrons. The summed E-state index contributed by atoms with van der Waals surface area (Å²) in [5.74, 6) is 1.45. The third-order valence-corrected chi connectivity index (χ3v) is 2.77. The van der Waals surface area contributed by atoms with Gasteiger partial charge in [-0.15, -0.1) is 0 Å². The molecule has 2 unspecified atom stereocenters. The molecule has 1 fully saturated rings. The second kappa shape index (κ2) is 5.43. The maximum Gasteiger partial charge on any atom is 0.0577 e. The molecule has 1 heteroatoms. The van der Waals surface area contributed by atoms with Crippen molar-refractivity contribution >= 4 is 0 Å². The molecular formula is C12H22O. The number of hydrogen-bond donors (Lipinski definition) is 0. The van der Waals surface area contributed by atoms with Gasteiger partial charge in [-0.1, -0.05) is 32.4 Å². The SMILES string of the molecule is COC1CCCC(/C=C/C(C)C)C1. The molecule has 0 radical (unpaired) electrons. The van der Waals surface area contributed by atoms with Gasteiger partial charge >= 0.3 is 0 Å². The molecule has 1 aliphatic rings. The summed E-state index contributed by atoms with van der Waals surface area (Å²) in [4.78, 5) is 0. The molecule has 0 spiro atoms. The van der Waals surface area contributed by atoms with Crippen LogP contribution in [0.15, 0.2) is 12.2 Å². The van der Waals surface area contributed by atoms with Crippen LogP contribution < -0.4 is 0 Å². The fraction of sp³-hybridized carbons (Fsp3) is 0.833. The Morgan fingerprint density at radius 2 is 2.08 bits per heavy atom. The van der Waals surface area contributed by atoms with E-state index in [9.17, 15) is 0 Å². The second-order valence-corrected chi connectivity index (χ2v) is 4.41. The molecule has 13 heavy (non-hydrogen) atoms. The highest BCUT2D eigenvalue weighted by Crippen LogP contribution is 2.27. The van der Waals surface area contributed by atoms with Crippen LogP contribution in [0.4, 0.5) is 0 Å². The van der Waals surface area contributed by atoms with Gasteiger partial charge in [-0.25, -0.2) is 0 Å². The van der Waals surface area contributed by atoms with E-state index in [0.29, 0.717) is 12.0 Å². The second-order valence-electron chi connectivity index (χ2n) is 4.41. The van der Waals surface area contributed by atoms with Crippen LogP contribution in [-0.4, -0.2) is 13.2 Å². The minimum Gasteiger partial charge on any atom is -0.381 e. The Balaban J connectivity index is 2.33. The molecule has 0 aromatic carbocycles. The Hall–Kier alpha value is -0.300. The van der Waals surface area contributed by atoms with Gasteiger partial charge in [0.15, 0.2) is 0 Å². The number of rotatable bonds is 3. The molecular weight excluding hydrogens is 160 g/mol. The van der Waals surface area contributed by atoms with Gasteiger partial charge in [0.2, 0.25) is 0 Å². The van der Waals surface area contributed by atoms with Crippen LogP contribution in [-0.2, 0) is 4.74 Å². The molecule has 1 nitrogen and oxygen atoms in total. The van der Waals surface area contributed by atoms with Crippen LogP contribution >= 0.6 is 0 Å². The Kier molecular flexibility index (Phi) is 4.51. The van der Waals surface area contributed by atoms with Crippen molar-refractivity contribution in [2.75, 3.05) is 7.11 Å². The smallest absolute Gasteiger partial charge is 0.0577 e. The summed E-state index contributed by atoms with van der Waals surface area (Å²) >= 11 is 0. The van der Waals surface area contributed by atoms with Crippen molar-refractivity contribution in [1.82, 2.24) is 0 Å². The van der Waals surface area contributed by atoms with Crippen LogP contribution in [0.5, 0.6) is 0 Å². The molecule has 0 heterocycles. The molecule has 0 N–H and O–H groups in total. The lowest BCUT2D eigenvalue weighted by Crippen LogP contribution is -2.20. The third kappa shape index (κ3) is 3.95. The van der Waals surface area contributed by atoms with E-state index in [-0.39, 0.29) is 0 Å². The van der Waals surface area contributed by atoms with Crippen LogP contribution in [0.3, 0.4) is 0 Å². The van der Waals surface area contributed by atoms with Crippen LogP contribution in [0.25, 0.3) is 0 Å². The van der Waals surface area contributed by atoms with Gasteiger partial charge in [-0.05, 0) is 31.1 Å². The van der Waals surface area contributed by atoms with E-state index in [0.717, 1.165) is 5.92 Å². The fourth-order valence-electron chi connectivity index (χ4n) is 1.95. The van der Waals surface area contributed by atoms with E-state index in [2.05, 4.69) is 26.0 Å². The highest BCUT2D eigenvalue weighted by atomic mass is 16.5. The van der Waals surface area contributed by atoms with Crippen molar-refractivity contribution in [2.45, 2.75) is 45.6 Å². The molecule has 0 saturated heterocycles. The highest BCUT2D eigenvalue weighted by molar-refractivity contribution is 4.93. The first-order valence-electron chi connectivity index (χ1n) is 5.43. The Morgan fingerprint density at radius 3 is 2.69 bits per heavy atom. The maximum atomic E-state index is 5.39. The number of methoxy groups -OCH3 is 1. The lowest BCUT2D eigenvalue weighted by molar-refractivity contribution is 0.0589. The van der Waals surface area contributed by atoms with Crippen molar-refractivity contribution < 1.29 is 4.74 Å². The monoisotopic (exact) mass is 182 g/mol. The van der Waals surface area contributed by atoms with Crippen molar-refractivity contribution in [3.63, 3.8) is 0 Å². The molecule has 1 saturated carbocycles. The third-order valence-electron chi connectivity index (χ3n) is 2.77. The molecule has 0 aromatic rings. The summed E-state index contributed by atoms with van der Waals surface area (Å²) < 4.78 is 5.39. The molecule has 0 aliphatic heterocycles. The van der Waals surface area contributed by atoms with Crippen LogP contribution in [0.2, 0.25) is 0 Å². The molecule has 1 rings (SSSR count). The predicted octanol–water partition coefficient (Wildman–Crippen LogP) is 3.40. The van der Waals surface area contributed by atoms with Gasteiger partial charge in [-0.3, -0.25) is 0 Å². The predicted molar refractivity (Wildman–Crippen MR) is 56.7 cm³/mol. The minimum absolute atomic E-state index is 0.510. The average Bonchev–Trinajstić information content (AvgIpc) is 2.15. The zero-order valence-electron chi connectivity index (χ0n) is 9.12. The van der Waals surface area contributed by atoms with Gasteiger partial charge in [0.1, 0.15) is 0 Å². The number of ether oxygens (including phenoxy) is 1. The first-order chi connectivity index (χ1) is 6.22. The lowest BCUT2D eigenvalue weighted by atomic mass is 9.86. The van der Waals surface area contributed by atoms with Crippen molar-refractivity contribution in [3.8, 4) is 0 Å². The molecule has 1 aliphatic carbocycles. The first kappa shape index (κ1) is 10.8. The number of hydrogen-bond acceptors (Lipinski definition) is 1. The van der Waals surface area contributed by atoms with Crippen molar-refractivity contribution in [1.29, 1.82) is 0 Å². The zero-order chi connectivity index (χ0) is 9.68. The van der Waals surface area contributed by atoms with Gasteiger partial charge in [0.05, 0.1) is 6.10 Å². The standard InChI is InChI=1S/C12H22O/c1-10(2)7-8-11-5-4-6-12(9-11)13-3/h7-8,10-12H,4-6,9H2,1-3H3/b8-7+. The summed E-state index contributed by atoms with van der Waals surface area (Å²) in [7, 11) is 1.83.